The molecule has 2 aromatic rings. The molecule has 0 radical (unpaired) electrons. The maximum atomic E-state index is 13.6. The molecule has 0 aliphatic rings. The first-order chi connectivity index (χ1) is 10.7. The van der Waals surface area contributed by atoms with Crippen LogP contribution in [0.1, 0.15) is 17.7 Å². The summed E-state index contributed by atoms with van der Waals surface area (Å²) in [6.07, 6.45) is 0.900. The molecule has 0 fully saturated rings. The van der Waals surface area contributed by atoms with Gasteiger partial charge in [-0.25, -0.2) is 9.37 Å². The first-order valence-corrected chi connectivity index (χ1v) is 7.25. The van der Waals surface area contributed by atoms with Crippen molar-refractivity contribution in [2.45, 2.75) is 19.9 Å². The van der Waals surface area contributed by atoms with E-state index in [-0.39, 0.29) is 5.82 Å². The molecule has 6 heteroatoms. The topological polar surface area (TPSA) is 59.1 Å². The van der Waals surface area contributed by atoms with E-state index in [0.717, 1.165) is 24.5 Å². The van der Waals surface area contributed by atoms with E-state index in [1.54, 1.807) is 25.3 Å². The highest BCUT2D eigenvalue weighted by Gasteiger charge is 2.04. The highest BCUT2D eigenvalue weighted by Crippen LogP contribution is 2.12. The number of hydrogen-bond donors (Lipinski definition) is 2. The van der Waals surface area contributed by atoms with Gasteiger partial charge in [0.1, 0.15) is 11.6 Å². The number of nitrogens with zero attached hydrogens (tertiary/aromatic N) is 2. The molecule has 0 saturated carbocycles. The Labute approximate surface area is 129 Å². The zero-order valence-corrected chi connectivity index (χ0v) is 12.9. The lowest BCUT2D eigenvalue weighted by molar-refractivity contribution is 0.198. The van der Waals surface area contributed by atoms with Crippen molar-refractivity contribution in [3.8, 4) is 0 Å². The lowest BCUT2D eigenvalue weighted by Gasteiger charge is -2.10. The first-order valence-electron chi connectivity index (χ1n) is 7.25. The fourth-order valence-electron chi connectivity index (χ4n) is 1.99. The van der Waals surface area contributed by atoms with Gasteiger partial charge in [-0.1, -0.05) is 18.2 Å². The molecule has 1 aromatic heterocycles. The third-order valence-electron chi connectivity index (χ3n) is 3.08. The van der Waals surface area contributed by atoms with E-state index in [4.69, 9.17) is 4.74 Å². The first kappa shape index (κ1) is 16.2. The van der Waals surface area contributed by atoms with Gasteiger partial charge in [0.25, 0.3) is 0 Å². The minimum atomic E-state index is -0.236. The van der Waals surface area contributed by atoms with Crippen molar-refractivity contribution in [3.63, 3.8) is 0 Å². The van der Waals surface area contributed by atoms with Gasteiger partial charge in [-0.15, -0.1) is 0 Å². The van der Waals surface area contributed by atoms with Crippen molar-refractivity contribution in [1.82, 2.24) is 9.97 Å². The molecule has 0 unspecified atom stereocenters. The van der Waals surface area contributed by atoms with Crippen molar-refractivity contribution in [1.29, 1.82) is 0 Å². The molecule has 0 bridgehead atoms. The summed E-state index contributed by atoms with van der Waals surface area (Å²) in [5, 5.41) is 6.28. The summed E-state index contributed by atoms with van der Waals surface area (Å²) in [6.45, 7) is 3.72. The minimum absolute atomic E-state index is 0.236. The van der Waals surface area contributed by atoms with Gasteiger partial charge >= 0.3 is 0 Å². The SMILES string of the molecule is COCCCNc1cc(C)nc(NCc2ccccc2F)n1. The van der Waals surface area contributed by atoms with Crippen molar-refractivity contribution >= 4 is 11.8 Å². The van der Waals surface area contributed by atoms with Crippen LogP contribution in [0.5, 0.6) is 0 Å². The Morgan fingerprint density at radius 1 is 1.18 bits per heavy atom. The second-order valence-corrected chi connectivity index (χ2v) is 4.94. The predicted molar refractivity (Wildman–Crippen MR) is 85.5 cm³/mol. The Morgan fingerprint density at radius 3 is 2.77 bits per heavy atom. The smallest absolute Gasteiger partial charge is 0.225 e. The zero-order valence-electron chi connectivity index (χ0n) is 12.9. The quantitative estimate of drug-likeness (QED) is 0.734. The summed E-state index contributed by atoms with van der Waals surface area (Å²) < 4.78 is 18.6. The van der Waals surface area contributed by atoms with Gasteiger partial charge in [-0.05, 0) is 19.4 Å². The summed E-state index contributed by atoms with van der Waals surface area (Å²) in [5.41, 5.74) is 1.43. The average Bonchev–Trinajstić information content (AvgIpc) is 2.50. The van der Waals surface area contributed by atoms with Crippen molar-refractivity contribution in [2.24, 2.45) is 0 Å². The number of hydrogen-bond acceptors (Lipinski definition) is 5. The summed E-state index contributed by atoms with van der Waals surface area (Å²) in [4.78, 5) is 8.69. The predicted octanol–water partition coefficient (Wildman–Crippen LogP) is 2.98. The number of halogens is 1. The molecule has 0 spiro atoms. The number of ether oxygens (including phenoxy) is 1. The minimum Gasteiger partial charge on any atom is -0.385 e. The molecular weight excluding hydrogens is 283 g/mol. The van der Waals surface area contributed by atoms with Crippen LogP contribution >= 0.6 is 0 Å². The van der Waals surface area contributed by atoms with Crippen LogP contribution in [0, 0.1) is 12.7 Å². The maximum Gasteiger partial charge on any atom is 0.225 e. The van der Waals surface area contributed by atoms with Crippen LogP contribution in [-0.4, -0.2) is 30.2 Å². The van der Waals surface area contributed by atoms with Crippen molar-refractivity contribution < 1.29 is 9.13 Å². The molecule has 0 amide bonds. The van der Waals surface area contributed by atoms with Crippen molar-refractivity contribution in [2.75, 3.05) is 30.9 Å². The van der Waals surface area contributed by atoms with E-state index >= 15 is 0 Å². The molecule has 118 valence electrons. The fourth-order valence-corrected chi connectivity index (χ4v) is 1.99. The standard InChI is InChI=1S/C16H21FN4O/c1-12-10-15(18-8-5-9-22-2)21-16(20-12)19-11-13-6-3-4-7-14(13)17/h3-4,6-7,10H,5,8-9,11H2,1-2H3,(H2,18,19,20,21). The average molecular weight is 304 g/mol. The number of benzene rings is 1. The third-order valence-corrected chi connectivity index (χ3v) is 3.08. The number of nitrogens with one attached hydrogen (secondary N) is 2. The van der Waals surface area contributed by atoms with Gasteiger partial charge in [-0.2, -0.15) is 4.98 Å². The number of rotatable bonds is 8. The van der Waals surface area contributed by atoms with Gasteiger partial charge in [0.15, 0.2) is 0 Å². The second kappa shape index (κ2) is 8.29. The molecule has 0 aliphatic heterocycles. The van der Waals surface area contributed by atoms with Gasteiger partial charge in [-0.3, -0.25) is 0 Å². The Kier molecular flexibility index (Phi) is 6.09. The Hall–Kier alpha value is -2.21. The van der Waals surface area contributed by atoms with Crippen LogP contribution in [0.3, 0.4) is 0 Å². The maximum absolute atomic E-state index is 13.6. The van der Waals surface area contributed by atoms with Crippen LogP contribution in [0.25, 0.3) is 0 Å². The van der Waals surface area contributed by atoms with Crippen molar-refractivity contribution in [3.05, 3.63) is 47.4 Å². The molecule has 2 rings (SSSR count). The van der Waals surface area contributed by atoms with Crippen LogP contribution in [0.15, 0.2) is 30.3 Å². The highest BCUT2D eigenvalue weighted by atomic mass is 19.1. The van der Waals surface area contributed by atoms with E-state index < -0.39 is 0 Å². The molecule has 1 heterocycles. The van der Waals surface area contributed by atoms with Crippen LogP contribution in [0.4, 0.5) is 16.2 Å². The Balaban J connectivity index is 1.96. The molecule has 5 nitrogen and oxygen atoms in total. The molecule has 1 aromatic carbocycles. The van der Waals surface area contributed by atoms with E-state index in [1.165, 1.54) is 6.07 Å². The number of aromatic nitrogens is 2. The molecule has 0 atom stereocenters. The van der Waals surface area contributed by atoms with Gasteiger partial charge < -0.3 is 15.4 Å². The van der Waals surface area contributed by atoms with Crippen LogP contribution < -0.4 is 10.6 Å². The lowest BCUT2D eigenvalue weighted by atomic mass is 10.2. The van der Waals surface area contributed by atoms with E-state index in [2.05, 4.69) is 20.6 Å². The summed E-state index contributed by atoms with van der Waals surface area (Å²) >= 11 is 0. The second-order valence-electron chi connectivity index (χ2n) is 4.94. The summed E-state index contributed by atoms with van der Waals surface area (Å²) in [6, 6.07) is 8.53. The molecule has 0 saturated heterocycles. The van der Waals surface area contributed by atoms with E-state index in [0.29, 0.717) is 24.7 Å². The van der Waals surface area contributed by atoms with E-state index in [9.17, 15) is 4.39 Å². The molecule has 0 aliphatic carbocycles. The summed E-state index contributed by atoms with van der Waals surface area (Å²) in [5.74, 6) is 0.998. The number of aryl methyl sites for hydroxylation is 1. The number of methoxy groups -OCH3 is 1. The van der Waals surface area contributed by atoms with E-state index in [1.807, 2.05) is 13.0 Å². The van der Waals surface area contributed by atoms with Crippen LogP contribution in [0.2, 0.25) is 0 Å². The Morgan fingerprint density at radius 2 is 2.00 bits per heavy atom. The molecule has 2 N–H and O–H groups in total. The molecule has 22 heavy (non-hydrogen) atoms. The number of anilines is 2. The monoisotopic (exact) mass is 304 g/mol. The zero-order chi connectivity index (χ0) is 15.8. The molecular formula is C16H21FN4O. The van der Waals surface area contributed by atoms with Crippen LogP contribution in [-0.2, 0) is 11.3 Å². The summed E-state index contributed by atoms with van der Waals surface area (Å²) in [7, 11) is 1.68. The van der Waals surface area contributed by atoms with Gasteiger partial charge in [0.2, 0.25) is 5.95 Å². The fraction of sp³-hybridized carbons (Fsp3) is 0.375. The van der Waals surface area contributed by atoms with Gasteiger partial charge in [0.05, 0.1) is 0 Å². The van der Waals surface area contributed by atoms with Gasteiger partial charge in [0, 0.05) is 44.1 Å². The highest BCUT2D eigenvalue weighted by molar-refractivity contribution is 5.42. The largest absolute Gasteiger partial charge is 0.385 e. The normalized spacial score (nSPS) is 10.5. The third kappa shape index (κ3) is 4.96. The Bertz CT molecular complexity index is 606. The lowest BCUT2D eigenvalue weighted by Crippen LogP contribution is -2.10.